The van der Waals surface area contributed by atoms with E-state index in [-0.39, 0.29) is 24.3 Å². The quantitative estimate of drug-likeness (QED) is 0.645. The van der Waals surface area contributed by atoms with E-state index in [2.05, 4.69) is 10.3 Å². The number of hydrogen-bond donors (Lipinski definition) is 2. The number of carbonyl (C=O) groups excluding carboxylic acids is 2. The zero-order chi connectivity index (χ0) is 18.5. The molecule has 5 nitrogen and oxygen atoms in total. The molecule has 1 unspecified atom stereocenters. The number of aromatic nitrogens is 1. The Kier molecular flexibility index (Phi) is 5.49. The van der Waals surface area contributed by atoms with E-state index in [4.69, 9.17) is 0 Å². The Morgan fingerprint density at radius 1 is 1.04 bits per heavy atom. The number of hydrogen-bond acceptors (Lipinski definition) is 3. The van der Waals surface area contributed by atoms with Crippen LogP contribution >= 0.6 is 0 Å². The number of aromatic amines is 1. The lowest BCUT2D eigenvalue weighted by molar-refractivity contribution is -0.125. The largest absolute Gasteiger partial charge is 0.360 e. The number of fused-ring (bicyclic) bond motifs is 1. The normalized spacial score (nSPS) is 12.3. The molecular formula is C21H23N3O2. The van der Waals surface area contributed by atoms with Gasteiger partial charge in [-0.15, -0.1) is 0 Å². The maximum atomic E-state index is 12.6. The number of ketones is 1. The molecule has 0 saturated carbocycles. The number of Topliss-reactive ketones (excluding diaryl/α,β-unsaturated/α-hetero) is 1. The summed E-state index contributed by atoms with van der Waals surface area (Å²) in [4.78, 5) is 30.1. The summed E-state index contributed by atoms with van der Waals surface area (Å²) < 4.78 is 0. The van der Waals surface area contributed by atoms with Crippen molar-refractivity contribution < 1.29 is 9.59 Å². The van der Waals surface area contributed by atoms with Crippen LogP contribution in [0.5, 0.6) is 0 Å². The summed E-state index contributed by atoms with van der Waals surface area (Å²) in [6.45, 7) is -0.0141. The molecule has 3 aromatic rings. The first-order chi connectivity index (χ1) is 12.6. The lowest BCUT2D eigenvalue weighted by Gasteiger charge is -2.23. The Hall–Kier alpha value is -2.92. The Morgan fingerprint density at radius 3 is 2.46 bits per heavy atom. The maximum Gasteiger partial charge on any atom is 0.238 e. The highest BCUT2D eigenvalue weighted by atomic mass is 16.2. The molecular weight excluding hydrogens is 326 g/mol. The summed E-state index contributed by atoms with van der Waals surface area (Å²) in [5.74, 6) is -0.250. The maximum absolute atomic E-state index is 12.6. The van der Waals surface area contributed by atoms with Crippen LogP contribution < -0.4 is 5.32 Å². The highest BCUT2D eigenvalue weighted by Gasteiger charge is 2.22. The summed E-state index contributed by atoms with van der Waals surface area (Å²) in [5.41, 5.74) is 2.60. The van der Waals surface area contributed by atoms with Gasteiger partial charge in [-0.05, 0) is 32.1 Å². The molecule has 1 atom stereocenters. The standard InChI is InChI=1S/C21H23N3O2/c1-24(2)19(12-15-8-4-3-5-9-15)21(26)23-14-20(25)17-13-22-18-11-7-6-10-16(17)18/h3-11,13,19,22H,12,14H2,1-2H3,(H,23,26). The fraction of sp³-hybridized carbons (Fsp3) is 0.238. The summed E-state index contributed by atoms with van der Waals surface area (Å²) in [7, 11) is 3.74. The molecule has 3 rings (SSSR count). The van der Waals surface area contributed by atoms with Crippen LogP contribution in [-0.2, 0) is 11.2 Å². The van der Waals surface area contributed by atoms with Crippen molar-refractivity contribution in [3.05, 3.63) is 71.9 Å². The first-order valence-corrected chi connectivity index (χ1v) is 8.63. The van der Waals surface area contributed by atoms with E-state index in [1.54, 1.807) is 6.20 Å². The third-order valence-electron chi connectivity index (χ3n) is 4.51. The number of nitrogens with zero attached hydrogens (tertiary/aromatic N) is 1. The lowest BCUT2D eigenvalue weighted by Crippen LogP contribution is -2.46. The van der Waals surface area contributed by atoms with Gasteiger partial charge in [-0.2, -0.15) is 0 Å². The van der Waals surface area contributed by atoms with Gasteiger partial charge in [0.15, 0.2) is 5.78 Å². The Labute approximate surface area is 153 Å². The minimum absolute atomic E-state index is 0.0141. The van der Waals surface area contributed by atoms with Gasteiger partial charge in [0.05, 0.1) is 12.6 Å². The zero-order valence-corrected chi connectivity index (χ0v) is 15.0. The topological polar surface area (TPSA) is 65.2 Å². The Morgan fingerprint density at radius 2 is 1.73 bits per heavy atom. The van der Waals surface area contributed by atoms with Gasteiger partial charge >= 0.3 is 0 Å². The molecule has 0 bridgehead atoms. The van der Waals surface area contributed by atoms with Crippen LogP contribution in [0, 0.1) is 0 Å². The SMILES string of the molecule is CN(C)C(Cc1ccccc1)C(=O)NCC(=O)c1c[nH]c2ccccc12. The third kappa shape index (κ3) is 4.00. The molecule has 0 saturated heterocycles. The zero-order valence-electron chi connectivity index (χ0n) is 15.0. The van der Waals surface area contributed by atoms with Crippen molar-refractivity contribution in [3.63, 3.8) is 0 Å². The summed E-state index contributed by atoms with van der Waals surface area (Å²) in [6.07, 6.45) is 2.30. The highest BCUT2D eigenvalue weighted by molar-refractivity contribution is 6.09. The third-order valence-corrected chi connectivity index (χ3v) is 4.51. The summed E-state index contributed by atoms with van der Waals surface area (Å²) >= 11 is 0. The van der Waals surface area contributed by atoms with Crippen LogP contribution in [0.3, 0.4) is 0 Å². The van der Waals surface area contributed by atoms with Gasteiger partial charge in [0.2, 0.25) is 5.91 Å². The van der Waals surface area contributed by atoms with Crippen molar-refractivity contribution in [3.8, 4) is 0 Å². The number of amides is 1. The molecule has 0 radical (unpaired) electrons. The number of H-pyrrole nitrogens is 1. The Balaban J connectivity index is 1.65. The van der Waals surface area contributed by atoms with Gasteiger partial charge < -0.3 is 10.3 Å². The van der Waals surface area contributed by atoms with E-state index in [0.29, 0.717) is 12.0 Å². The lowest BCUT2D eigenvalue weighted by atomic mass is 10.0. The van der Waals surface area contributed by atoms with E-state index >= 15 is 0 Å². The van der Waals surface area contributed by atoms with Gasteiger partial charge in [-0.3, -0.25) is 14.5 Å². The minimum atomic E-state index is -0.326. The predicted molar refractivity (Wildman–Crippen MR) is 103 cm³/mol. The van der Waals surface area contributed by atoms with Crippen LogP contribution in [-0.4, -0.2) is 48.3 Å². The molecule has 0 fully saturated rings. The second-order valence-electron chi connectivity index (χ2n) is 6.56. The monoisotopic (exact) mass is 349 g/mol. The van der Waals surface area contributed by atoms with Gasteiger partial charge in [0.1, 0.15) is 0 Å². The van der Waals surface area contributed by atoms with Crippen LogP contribution in [0.1, 0.15) is 15.9 Å². The molecule has 0 aliphatic heterocycles. The molecule has 0 aliphatic carbocycles. The van der Waals surface area contributed by atoms with Gasteiger partial charge in [0, 0.05) is 22.7 Å². The molecule has 1 heterocycles. The average Bonchev–Trinajstić information content (AvgIpc) is 3.09. The summed E-state index contributed by atoms with van der Waals surface area (Å²) in [5, 5.41) is 3.67. The van der Waals surface area contributed by atoms with E-state index in [1.807, 2.05) is 73.6 Å². The highest BCUT2D eigenvalue weighted by Crippen LogP contribution is 2.17. The van der Waals surface area contributed by atoms with Crippen molar-refractivity contribution in [1.82, 2.24) is 15.2 Å². The molecule has 26 heavy (non-hydrogen) atoms. The number of benzene rings is 2. The average molecular weight is 349 g/mol. The van der Waals surface area contributed by atoms with Crippen LogP contribution in [0.2, 0.25) is 0 Å². The number of likely N-dealkylation sites (N-methyl/N-ethyl adjacent to an activating group) is 1. The molecule has 2 N–H and O–H groups in total. The molecule has 1 aromatic heterocycles. The van der Waals surface area contributed by atoms with Crippen molar-refractivity contribution >= 4 is 22.6 Å². The van der Waals surface area contributed by atoms with Gasteiger partial charge in [-0.25, -0.2) is 0 Å². The van der Waals surface area contributed by atoms with Crippen molar-refractivity contribution in [2.45, 2.75) is 12.5 Å². The minimum Gasteiger partial charge on any atom is -0.360 e. The molecule has 0 spiro atoms. The number of carbonyl (C=O) groups is 2. The van der Waals surface area contributed by atoms with Crippen LogP contribution in [0.15, 0.2) is 60.8 Å². The summed E-state index contributed by atoms with van der Waals surface area (Å²) in [6, 6.07) is 17.2. The Bertz CT molecular complexity index is 900. The molecule has 134 valence electrons. The van der Waals surface area contributed by atoms with E-state index < -0.39 is 0 Å². The van der Waals surface area contributed by atoms with E-state index in [1.165, 1.54) is 0 Å². The predicted octanol–water partition coefficient (Wildman–Crippen LogP) is 2.64. The molecule has 0 aliphatic rings. The van der Waals surface area contributed by atoms with Crippen LogP contribution in [0.4, 0.5) is 0 Å². The molecule has 5 heteroatoms. The van der Waals surface area contributed by atoms with E-state index in [0.717, 1.165) is 16.5 Å². The van der Waals surface area contributed by atoms with E-state index in [9.17, 15) is 9.59 Å². The number of para-hydroxylation sites is 1. The first kappa shape index (κ1) is 17.9. The van der Waals surface area contributed by atoms with Crippen molar-refractivity contribution in [2.75, 3.05) is 20.6 Å². The number of rotatable bonds is 7. The first-order valence-electron chi connectivity index (χ1n) is 8.63. The van der Waals surface area contributed by atoms with Crippen molar-refractivity contribution in [2.24, 2.45) is 0 Å². The molecule has 1 amide bonds. The van der Waals surface area contributed by atoms with Crippen LogP contribution in [0.25, 0.3) is 10.9 Å². The fourth-order valence-electron chi connectivity index (χ4n) is 3.03. The second kappa shape index (κ2) is 7.97. The fourth-order valence-corrected chi connectivity index (χ4v) is 3.03. The van der Waals surface area contributed by atoms with Gasteiger partial charge in [-0.1, -0.05) is 48.5 Å². The smallest absolute Gasteiger partial charge is 0.238 e. The second-order valence-corrected chi connectivity index (χ2v) is 6.56. The number of nitrogens with one attached hydrogen (secondary N) is 2. The van der Waals surface area contributed by atoms with Crippen molar-refractivity contribution in [1.29, 1.82) is 0 Å². The molecule has 2 aromatic carbocycles. The van der Waals surface area contributed by atoms with Gasteiger partial charge in [0.25, 0.3) is 0 Å².